The fourth-order valence-corrected chi connectivity index (χ4v) is 2.72. The number of nitrogens with zero attached hydrogens (tertiary/aromatic N) is 2. The third-order valence-electron chi connectivity index (χ3n) is 3.39. The van der Waals surface area contributed by atoms with Crippen LogP contribution < -0.4 is 5.32 Å². The Balaban J connectivity index is 1.86. The Morgan fingerprint density at radius 2 is 2.08 bits per heavy atom. The molecule has 2 N–H and O–H groups in total. The number of carboxylic acids is 1. The number of carboxylic acid groups (broad SMARTS) is 1. The summed E-state index contributed by atoms with van der Waals surface area (Å²) in [7, 11) is 0. The zero-order valence-electron chi connectivity index (χ0n) is 13.3. The summed E-state index contributed by atoms with van der Waals surface area (Å²) in [6.07, 6.45) is 3.06. The minimum Gasteiger partial charge on any atom is -0.479 e. The molecule has 1 aromatic carbocycles. The van der Waals surface area contributed by atoms with Crippen molar-refractivity contribution < 1.29 is 19.1 Å². The first-order valence-corrected chi connectivity index (χ1v) is 8.25. The van der Waals surface area contributed by atoms with Gasteiger partial charge in [-0.25, -0.2) is 9.18 Å². The molecule has 1 heterocycles. The van der Waals surface area contributed by atoms with Gasteiger partial charge in [0.1, 0.15) is 5.82 Å². The number of carbonyl (C=O) groups excluding carboxylic acids is 1. The van der Waals surface area contributed by atoms with E-state index >= 15 is 0 Å². The smallest absolute Gasteiger partial charge is 0.331 e. The predicted molar refractivity (Wildman–Crippen MR) is 89.6 cm³/mol. The van der Waals surface area contributed by atoms with E-state index in [1.165, 1.54) is 48.8 Å². The summed E-state index contributed by atoms with van der Waals surface area (Å²) in [5, 5.41) is 15.8. The van der Waals surface area contributed by atoms with Crippen molar-refractivity contribution in [2.75, 3.05) is 11.1 Å². The summed E-state index contributed by atoms with van der Waals surface area (Å²) in [5.74, 6) is -1.14. The highest BCUT2D eigenvalue weighted by Gasteiger charge is 2.30. The van der Waals surface area contributed by atoms with E-state index in [1.807, 2.05) is 0 Å². The number of rotatable bonds is 7. The van der Waals surface area contributed by atoms with Crippen molar-refractivity contribution in [3.8, 4) is 0 Å². The quantitative estimate of drug-likeness (QED) is 0.749. The van der Waals surface area contributed by atoms with E-state index in [-0.39, 0.29) is 18.1 Å². The molecule has 0 saturated carbocycles. The van der Waals surface area contributed by atoms with Crippen molar-refractivity contribution in [3.63, 3.8) is 0 Å². The maximum Gasteiger partial charge on any atom is 0.331 e. The number of aromatic nitrogens is 2. The molecular formula is C16H18FN3O3S. The minimum atomic E-state index is -1.20. The number of thioether (sulfide) groups is 1. The molecular weight excluding hydrogens is 333 g/mol. The molecule has 0 spiro atoms. The molecule has 0 aliphatic rings. The van der Waals surface area contributed by atoms with Crippen LogP contribution in [0.5, 0.6) is 0 Å². The van der Waals surface area contributed by atoms with Gasteiger partial charge in [-0.1, -0.05) is 12.1 Å². The third-order valence-corrected chi connectivity index (χ3v) is 4.44. The Morgan fingerprint density at radius 1 is 1.38 bits per heavy atom. The molecule has 0 radical (unpaired) electrons. The first kappa shape index (κ1) is 18.0. The van der Waals surface area contributed by atoms with Crippen molar-refractivity contribution in [1.29, 1.82) is 0 Å². The number of carbonyl (C=O) groups is 2. The van der Waals surface area contributed by atoms with Crippen LogP contribution in [-0.2, 0) is 15.1 Å². The zero-order chi connectivity index (χ0) is 17.7. The van der Waals surface area contributed by atoms with E-state index in [2.05, 4.69) is 10.4 Å². The Morgan fingerprint density at radius 3 is 2.75 bits per heavy atom. The van der Waals surface area contributed by atoms with Gasteiger partial charge in [0.25, 0.3) is 0 Å². The van der Waals surface area contributed by atoms with E-state index < -0.39 is 11.5 Å². The number of nitrogens with one attached hydrogen (secondary N) is 1. The Kier molecular flexibility index (Phi) is 5.61. The SMILES string of the molecule is CC(C)(C(=O)O)n1cc(NC(=O)CCSc2ccccc2F)cn1. The van der Waals surface area contributed by atoms with Crippen LogP contribution in [0.25, 0.3) is 0 Å². The van der Waals surface area contributed by atoms with Crippen molar-refractivity contribution in [3.05, 3.63) is 42.5 Å². The molecule has 0 saturated heterocycles. The largest absolute Gasteiger partial charge is 0.479 e. The van der Waals surface area contributed by atoms with Gasteiger partial charge in [-0.2, -0.15) is 5.10 Å². The van der Waals surface area contributed by atoms with Gasteiger partial charge in [-0.15, -0.1) is 11.8 Å². The minimum absolute atomic E-state index is 0.201. The van der Waals surface area contributed by atoms with E-state index in [9.17, 15) is 14.0 Å². The highest BCUT2D eigenvalue weighted by atomic mass is 32.2. The summed E-state index contributed by atoms with van der Waals surface area (Å²) in [4.78, 5) is 23.6. The van der Waals surface area contributed by atoms with Crippen molar-refractivity contribution in [1.82, 2.24) is 9.78 Å². The van der Waals surface area contributed by atoms with Gasteiger partial charge in [0.05, 0.1) is 11.9 Å². The van der Waals surface area contributed by atoms with E-state index in [0.717, 1.165) is 0 Å². The molecule has 1 aromatic heterocycles. The van der Waals surface area contributed by atoms with Gasteiger partial charge in [0.2, 0.25) is 5.91 Å². The molecule has 24 heavy (non-hydrogen) atoms. The molecule has 128 valence electrons. The fraction of sp³-hybridized carbons (Fsp3) is 0.312. The molecule has 0 atom stereocenters. The standard InChI is InChI=1S/C16H18FN3O3S/c1-16(2,15(22)23)20-10-11(9-18-20)19-14(21)7-8-24-13-6-4-3-5-12(13)17/h3-6,9-10H,7-8H2,1-2H3,(H,19,21)(H,22,23). The molecule has 0 aliphatic heterocycles. The maximum atomic E-state index is 13.5. The monoisotopic (exact) mass is 351 g/mol. The van der Waals surface area contributed by atoms with E-state index in [4.69, 9.17) is 5.11 Å². The third kappa shape index (κ3) is 4.35. The number of hydrogen-bond acceptors (Lipinski definition) is 4. The lowest BCUT2D eigenvalue weighted by Gasteiger charge is -2.19. The normalized spacial score (nSPS) is 11.3. The van der Waals surface area contributed by atoms with Gasteiger partial charge in [0, 0.05) is 23.3 Å². The second-order valence-electron chi connectivity index (χ2n) is 5.61. The molecule has 2 aromatic rings. The number of halogens is 1. The predicted octanol–water partition coefficient (Wildman–Crippen LogP) is 2.96. The van der Waals surface area contributed by atoms with E-state index in [0.29, 0.717) is 16.3 Å². The lowest BCUT2D eigenvalue weighted by Crippen LogP contribution is -2.35. The van der Waals surface area contributed by atoms with Gasteiger partial charge in [0.15, 0.2) is 5.54 Å². The average Bonchev–Trinajstić information content (AvgIpc) is 2.98. The number of benzene rings is 1. The summed E-state index contributed by atoms with van der Waals surface area (Å²) >= 11 is 1.26. The Hall–Kier alpha value is -2.35. The second kappa shape index (κ2) is 7.48. The van der Waals surface area contributed by atoms with Crippen LogP contribution in [0.2, 0.25) is 0 Å². The van der Waals surface area contributed by atoms with Gasteiger partial charge in [-0.05, 0) is 26.0 Å². The van der Waals surface area contributed by atoms with Crippen LogP contribution in [0.3, 0.4) is 0 Å². The lowest BCUT2D eigenvalue weighted by molar-refractivity contribution is -0.146. The zero-order valence-corrected chi connectivity index (χ0v) is 14.1. The van der Waals surface area contributed by atoms with Gasteiger partial charge >= 0.3 is 5.97 Å². The molecule has 8 heteroatoms. The fourth-order valence-electron chi connectivity index (χ4n) is 1.83. The molecule has 0 unspecified atom stereocenters. The second-order valence-corrected chi connectivity index (χ2v) is 6.75. The Labute approximate surface area is 143 Å². The van der Waals surface area contributed by atoms with Crippen LogP contribution in [0.1, 0.15) is 20.3 Å². The highest BCUT2D eigenvalue weighted by molar-refractivity contribution is 7.99. The van der Waals surface area contributed by atoms with E-state index in [1.54, 1.807) is 18.2 Å². The van der Waals surface area contributed by atoms with Crippen molar-refractivity contribution >= 4 is 29.3 Å². The Bertz CT molecular complexity index is 746. The molecule has 2 rings (SSSR count). The number of anilines is 1. The summed E-state index contributed by atoms with van der Waals surface area (Å²) < 4.78 is 14.7. The molecule has 0 fully saturated rings. The first-order chi connectivity index (χ1) is 11.3. The highest BCUT2D eigenvalue weighted by Crippen LogP contribution is 2.22. The van der Waals surface area contributed by atoms with Crippen molar-refractivity contribution in [2.24, 2.45) is 0 Å². The molecule has 6 nitrogen and oxygen atoms in total. The number of amides is 1. The van der Waals surface area contributed by atoms with Crippen molar-refractivity contribution in [2.45, 2.75) is 30.7 Å². The van der Waals surface area contributed by atoms with Crippen LogP contribution in [-0.4, -0.2) is 32.5 Å². The van der Waals surface area contributed by atoms with Gasteiger partial charge < -0.3 is 10.4 Å². The summed E-state index contributed by atoms with van der Waals surface area (Å²) in [6.45, 7) is 3.03. The topological polar surface area (TPSA) is 84.2 Å². The summed E-state index contributed by atoms with van der Waals surface area (Å²) in [5.41, 5.74) is -0.783. The molecule has 0 bridgehead atoms. The number of hydrogen-bond donors (Lipinski definition) is 2. The molecule has 0 aliphatic carbocycles. The van der Waals surface area contributed by atoms with Gasteiger partial charge in [-0.3, -0.25) is 9.48 Å². The number of aliphatic carboxylic acids is 1. The van der Waals surface area contributed by atoms with Crippen LogP contribution in [0.15, 0.2) is 41.6 Å². The molecule has 1 amide bonds. The van der Waals surface area contributed by atoms with Crippen LogP contribution in [0, 0.1) is 5.82 Å². The van der Waals surface area contributed by atoms with Crippen LogP contribution >= 0.6 is 11.8 Å². The average molecular weight is 351 g/mol. The lowest BCUT2D eigenvalue weighted by atomic mass is 10.1. The summed E-state index contributed by atoms with van der Waals surface area (Å²) in [6, 6.07) is 6.39. The maximum absolute atomic E-state index is 13.5. The van der Waals surface area contributed by atoms with Crippen LogP contribution in [0.4, 0.5) is 10.1 Å². The first-order valence-electron chi connectivity index (χ1n) is 7.26.